The fourth-order valence-corrected chi connectivity index (χ4v) is 4.62. The van der Waals surface area contributed by atoms with Gasteiger partial charge in [-0.1, -0.05) is 26.7 Å². The lowest BCUT2D eigenvalue weighted by Crippen LogP contribution is -2.47. The quantitative estimate of drug-likeness (QED) is 0.621. The molecule has 2 aliphatic rings. The number of aryl methyl sites for hydroxylation is 1. The molecule has 0 saturated carbocycles. The smallest absolute Gasteiger partial charge is 0.325 e. The van der Waals surface area contributed by atoms with Crippen LogP contribution in [0, 0.1) is 6.92 Å². The first-order chi connectivity index (χ1) is 14.8. The van der Waals surface area contributed by atoms with Gasteiger partial charge in [0, 0.05) is 37.6 Å². The topological polar surface area (TPSA) is 85.0 Å². The molecule has 0 aromatic heterocycles. The van der Waals surface area contributed by atoms with E-state index in [1.54, 1.807) is 0 Å². The van der Waals surface area contributed by atoms with Crippen LogP contribution < -0.4 is 15.5 Å². The number of nitrogens with one attached hydrogen (secondary N) is 2. The molecule has 31 heavy (non-hydrogen) atoms. The number of benzene rings is 1. The van der Waals surface area contributed by atoms with Crippen LogP contribution in [-0.2, 0) is 9.59 Å². The normalized spacial score (nSPS) is 19.0. The van der Waals surface area contributed by atoms with Crippen molar-refractivity contribution >= 4 is 29.2 Å². The number of carbonyl (C=O) groups is 3. The molecule has 0 radical (unpaired) electrons. The van der Waals surface area contributed by atoms with E-state index in [4.69, 9.17) is 0 Å². The van der Waals surface area contributed by atoms with Crippen LogP contribution in [0.1, 0.15) is 45.1 Å². The van der Waals surface area contributed by atoms with Gasteiger partial charge >= 0.3 is 6.03 Å². The molecule has 0 unspecified atom stereocenters. The number of rotatable bonds is 8. The maximum Gasteiger partial charge on any atom is 0.325 e. The number of carbonyl (C=O) groups excluding carboxylic acids is 3. The molecule has 0 bridgehead atoms. The molecule has 1 aromatic rings. The van der Waals surface area contributed by atoms with Gasteiger partial charge in [-0.3, -0.25) is 14.5 Å². The summed E-state index contributed by atoms with van der Waals surface area (Å²) in [7, 11) is 2.13. The molecule has 2 N–H and O–H groups in total. The van der Waals surface area contributed by atoms with Gasteiger partial charge in [0.15, 0.2) is 0 Å². The Hall–Kier alpha value is -2.61. The van der Waals surface area contributed by atoms with E-state index in [-0.39, 0.29) is 18.4 Å². The molecule has 2 fully saturated rings. The van der Waals surface area contributed by atoms with E-state index in [1.807, 2.05) is 39.0 Å². The van der Waals surface area contributed by atoms with Gasteiger partial charge in [-0.25, -0.2) is 4.79 Å². The molecule has 2 aliphatic heterocycles. The zero-order chi connectivity index (χ0) is 22.6. The minimum atomic E-state index is -0.873. The number of imide groups is 1. The molecular weight excluding hydrogens is 394 g/mol. The molecule has 8 heteroatoms. The van der Waals surface area contributed by atoms with Crippen LogP contribution >= 0.6 is 0 Å². The van der Waals surface area contributed by atoms with Crippen molar-refractivity contribution in [2.45, 2.75) is 52.0 Å². The number of hydrogen-bond donors (Lipinski definition) is 2. The highest BCUT2D eigenvalue weighted by atomic mass is 16.2. The Labute approximate surface area is 184 Å². The van der Waals surface area contributed by atoms with Gasteiger partial charge in [0.2, 0.25) is 5.91 Å². The summed E-state index contributed by atoms with van der Waals surface area (Å²) in [6, 6.07) is 5.36. The fourth-order valence-electron chi connectivity index (χ4n) is 4.62. The Morgan fingerprint density at radius 2 is 1.74 bits per heavy atom. The molecule has 170 valence electrons. The van der Waals surface area contributed by atoms with Gasteiger partial charge in [-0.15, -0.1) is 0 Å². The summed E-state index contributed by atoms with van der Waals surface area (Å²) in [6.07, 6.45) is 2.73. The first kappa shape index (κ1) is 23.1. The first-order valence-corrected chi connectivity index (χ1v) is 11.3. The molecule has 2 heterocycles. The van der Waals surface area contributed by atoms with E-state index in [0.29, 0.717) is 18.5 Å². The van der Waals surface area contributed by atoms with Gasteiger partial charge in [0.1, 0.15) is 12.1 Å². The fraction of sp³-hybridized carbons (Fsp3) is 0.609. The van der Waals surface area contributed by atoms with E-state index in [2.05, 4.69) is 27.5 Å². The number of amides is 4. The van der Waals surface area contributed by atoms with Crippen LogP contribution in [0.5, 0.6) is 0 Å². The highest BCUT2D eigenvalue weighted by Crippen LogP contribution is 2.28. The molecule has 4 amide bonds. The Balaban J connectivity index is 1.63. The molecule has 0 aliphatic carbocycles. The highest BCUT2D eigenvalue weighted by molar-refractivity contribution is 6.10. The monoisotopic (exact) mass is 429 g/mol. The van der Waals surface area contributed by atoms with Crippen molar-refractivity contribution in [3.8, 4) is 0 Å². The average molecular weight is 430 g/mol. The van der Waals surface area contributed by atoms with Crippen molar-refractivity contribution < 1.29 is 14.4 Å². The zero-order valence-corrected chi connectivity index (χ0v) is 19.2. The summed E-state index contributed by atoms with van der Waals surface area (Å²) in [5.41, 5.74) is 2.05. The molecule has 8 nitrogen and oxygen atoms in total. The van der Waals surface area contributed by atoms with Crippen molar-refractivity contribution in [3.05, 3.63) is 23.8 Å². The van der Waals surface area contributed by atoms with E-state index < -0.39 is 11.6 Å². The Morgan fingerprint density at radius 1 is 1.10 bits per heavy atom. The van der Waals surface area contributed by atoms with E-state index in [0.717, 1.165) is 49.5 Å². The largest absolute Gasteiger partial charge is 0.369 e. The van der Waals surface area contributed by atoms with Crippen molar-refractivity contribution in [3.63, 3.8) is 0 Å². The lowest BCUT2D eigenvalue weighted by Gasteiger charge is -2.35. The second-order valence-electron chi connectivity index (χ2n) is 8.74. The molecule has 3 rings (SSSR count). The number of hydrogen-bond acceptors (Lipinski definition) is 5. The molecule has 0 atom stereocenters. The van der Waals surface area contributed by atoms with Crippen molar-refractivity contribution in [1.29, 1.82) is 0 Å². The number of piperazine rings is 1. The number of anilines is 2. The lowest BCUT2D eigenvalue weighted by molar-refractivity contribution is -0.134. The van der Waals surface area contributed by atoms with E-state index >= 15 is 0 Å². The third kappa shape index (κ3) is 5.01. The second-order valence-corrected chi connectivity index (χ2v) is 8.74. The predicted octanol–water partition coefficient (Wildman–Crippen LogP) is 2.58. The van der Waals surface area contributed by atoms with E-state index in [9.17, 15) is 14.4 Å². The summed E-state index contributed by atoms with van der Waals surface area (Å²) < 4.78 is 0. The van der Waals surface area contributed by atoms with Crippen LogP contribution in [0.15, 0.2) is 18.2 Å². The lowest BCUT2D eigenvalue weighted by atomic mass is 9.88. The Morgan fingerprint density at radius 3 is 2.32 bits per heavy atom. The van der Waals surface area contributed by atoms with Gasteiger partial charge < -0.3 is 20.4 Å². The average Bonchev–Trinajstić information content (AvgIpc) is 2.94. The minimum absolute atomic E-state index is 0.279. The summed E-state index contributed by atoms with van der Waals surface area (Å²) in [5.74, 6) is -0.669. The summed E-state index contributed by atoms with van der Waals surface area (Å²) in [4.78, 5) is 43.7. The predicted molar refractivity (Wildman–Crippen MR) is 122 cm³/mol. The molecule has 1 aromatic carbocycles. The second kappa shape index (κ2) is 9.68. The Bertz CT molecular complexity index is 827. The third-order valence-electron chi connectivity index (χ3n) is 6.23. The van der Waals surface area contributed by atoms with Crippen LogP contribution in [0.3, 0.4) is 0 Å². The maximum atomic E-state index is 13.0. The highest BCUT2D eigenvalue weighted by Gasteiger charge is 2.50. The Kier molecular flexibility index (Phi) is 7.20. The van der Waals surface area contributed by atoms with Gasteiger partial charge in [-0.2, -0.15) is 0 Å². The van der Waals surface area contributed by atoms with Crippen LogP contribution in [0.2, 0.25) is 0 Å². The van der Waals surface area contributed by atoms with Crippen molar-refractivity contribution in [2.75, 3.05) is 50.0 Å². The number of likely N-dealkylation sites (N-methyl/N-ethyl adjacent to an activating group) is 1. The third-order valence-corrected chi connectivity index (χ3v) is 6.23. The standard InChI is InChI=1S/C23H35N5O3/c1-5-9-23(10-6-2)21(30)28(22(31)25-23)16-20(29)24-18-7-8-19(17(3)15-18)27-13-11-26(4)12-14-27/h7-8,15H,5-6,9-14,16H2,1-4H3,(H,24,29)(H,25,31). The number of urea groups is 1. The van der Waals surface area contributed by atoms with Gasteiger partial charge in [0.25, 0.3) is 5.91 Å². The SMILES string of the molecule is CCCC1(CCC)NC(=O)N(CC(=O)Nc2ccc(N3CCN(C)CC3)c(C)c2)C1=O. The van der Waals surface area contributed by atoms with Gasteiger partial charge in [0.05, 0.1) is 0 Å². The molecule has 0 spiro atoms. The zero-order valence-electron chi connectivity index (χ0n) is 19.2. The summed E-state index contributed by atoms with van der Waals surface area (Å²) in [5, 5.41) is 5.68. The molecule has 2 saturated heterocycles. The van der Waals surface area contributed by atoms with Gasteiger partial charge in [-0.05, 0) is 50.6 Å². The van der Waals surface area contributed by atoms with Crippen LogP contribution in [-0.4, -0.2) is 73.0 Å². The minimum Gasteiger partial charge on any atom is -0.369 e. The maximum absolute atomic E-state index is 13.0. The van der Waals surface area contributed by atoms with Crippen LogP contribution in [0.25, 0.3) is 0 Å². The summed E-state index contributed by atoms with van der Waals surface area (Å²) >= 11 is 0. The molecular formula is C23H35N5O3. The van der Waals surface area contributed by atoms with Crippen LogP contribution in [0.4, 0.5) is 16.2 Å². The van der Waals surface area contributed by atoms with Crippen molar-refractivity contribution in [2.24, 2.45) is 0 Å². The first-order valence-electron chi connectivity index (χ1n) is 11.3. The van der Waals surface area contributed by atoms with Crippen molar-refractivity contribution in [1.82, 2.24) is 15.1 Å². The number of nitrogens with zero attached hydrogens (tertiary/aromatic N) is 3. The van der Waals surface area contributed by atoms with E-state index in [1.165, 1.54) is 5.69 Å². The summed E-state index contributed by atoms with van der Waals surface area (Å²) in [6.45, 7) is 9.74.